The molecule has 0 bridgehead atoms. The molecular formula is C34H5F11N6. The number of hydrogen-bond donors (Lipinski definition) is 0. The zero-order valence-corrected chi connectivity index (χ0v) is 24.2. The molecule has 0 saturated heterocycles. The molecule has 5 rings (SSSR count). The summed E-state index contributed by atoms with van der Waals surface area (Å²) in [7, 11) is 0. The van der Waals surface area contributed by atoms with Crippen LogP contribution in [0.25, 0.3) is 33.4 Å². The van der Waals surface area contributed by atoms with Crippen LogP contribution >= 0.6 is 0 Å². The second kappa shape index (κ2) is 12.0. The van der Waals surface area contributed by atoms with Gasteiger partial charge in [0.25, 0.3) is 0 Å². The Bertz CT molecular complexity index is 2310. The molecule has 2 aliphatic carbocycles. The average Bonchev–Trinajstić information content (AvgIpc) is 3.53. The lowest BCUT2D eigenvalue weighted by Crippen LogP contribution is -2.12. The maximum atomic E-state index is 17.0. The van der Waals surface area contributed by atoms with Gasteiger partial charge in [0.1, 0.15) is 87.8 Å². The maximum absolute atomic E-state index is 17.0. The molecule has 248 valence electrons. The second-order valence-corrected chi connectivity index (χ2v) is 10.3. The van der Waals surface area contributed by atoms with E-state index in [1.54, 1.807) is 12.1 Å². The number of benzene rings is 3. The van der Waals surface area contributed by atoms with Crippen LogP contribution in [0.5, 0.6) is 0 Å². The van der Waals surface area contributed by atoms with Crippen molar-refractivity contribution >= 4 is 33.4 Å². The molecule has 0 aliphatic heterocycles. The van der Waals surface area contributed by atoms with Crippen molar-refractivity contribution in [2.75, 3.05) is 0 Å². The third-order valence-corrected chi connectivity index (χ3v) is 7.70. The zero-order chi connectivity index (χ0) is 37.9. The average molecular weight is 706 g/mol. The van der Waals surface area contributed by atoms with Gasteiger partial charge in [-0.3, -0.25) is 0 Å². The van der Waals surface area contributed by atoms with E-state index in [-0.39, 0.29) is 24.3 Å². The normalized spacial score (nSPS) is 13.4. The summed E-state index contributed by atoms with van der Waals surface area (Å²) in [6.07, 6.45) is -11.1. The molecule has 0 fully saturated rings. The monoisotopic (exact) mass is 706 g/mol. The van der Waals surface area contributed by atoms with E-state index in [1.165, 1.54) is 24.3 Å². The maximum Gasteiger partial charge on any atom is 0.422 e. The molecule has 2 aliphatic rings. The first-order valence-corrected chi connectivity index (χ1v) is 13.3. The van der Waals surface area contributed by atoms with E-state index >= 15 is 4.39 Å². The highest BCUT2D eigenvalue weighted by molar-refractivity contribution is 6.30. The van der Waals surface area contributed by atoms with Gasteiger partial charge in [0.15, 0.2) is 0 Å². The molecule has 0 N–H and O–H groups in total. The third-order valence-electron chi connectivity index (χ3n) is 7.70. The summed E-state index contributed by atoms with van der Waals surface area (Å²) in [5.74, 6) is -10.5. The predicted molar refractivity (Wildman–Crippen MR) is 150 cm³/mol. The molecule has 0 amide bonds. The smallest absolute Gasteiger partial charge is 0.206 e. The first-order valence-electron chi connectivity index (χ1n) is 13.3. The molecule has 0 radical (unpaired) electrons. The Labute approximate surface area is 277 Å². The topological polar surface area (TPSA) is 143 Å². The SMILES string of the molecule is N#CC(C#N)=C1C(c2cc(F)c(C(F)(F)F)c(F)c2)=C(C#N)c2cc3c(c(F)c21)C(=C(C#N)C#N)C(c1cc(F)c(C(F)(F)F)c(F)c1)=C3C#N. The van der Waals surface area contributed by atoms with Crippen molar-refractivity contribution in [1.82, 2.24) is 0 Å². The van der Waals surface area contributed by atoms with Crippen LogP contribution in [-0.2, 0) is 12.4 Å². The summed E-state index contributed by atoms with van der Waals surface area (Å²) in [5, 5.41) is 59.3. The van der Waals surface area contributed by atoms with Gasteiger partial charge >= 0.3 is 12.4 Å². The van der Waals surface area contributed by atoms with Crippen molar-refractivity contribution < 1.29 is 48.3 Å². The van der Waals surface area contributed by atoms with Crippen molar-refractivity contribution in [2.24, 2.45) is 0 Å². The Morgan fingerprint density at radius 2 is 0.765 bits per heavy atom. The standard InChI is InChI=1S/C34H5F11N6/c35-20-1-12(2-21(36)30(20)33(40,41)42)24-18(10-50)16-5-17-19(11-51)25(13-3-22(37)31(23(38)4-13)34(43,44)45)27(15(8-48)9-49)29(17)32(39)28(16)26(24)14(6-46)7-47/h1-5H. The second-order valence-electron chi connectivity index (χ2n) is 10.3. The molecule has 17 heteroatoms. The number of fused-ring (bicyclic) bond motifs is 2. The van der Waals surface area contributed by atoms with Gasteiger partial charge in [0.05, 0.1) is 11.1 Å². The number of alkyl halides is 6. The van der Waals surface area contributed by atoms with E-state index in [4.69, 9.17) is 0 Å². The van der Waals surface area contributed by atoms with Gasteiger partial charge in [-0.2, -0.15) is 57.9 Å². The molecule has 3 aromatic carbocycles. The minimum atomic E-state index is -5.55. The van der Waals surface area contributed by atoms with Crippen LogP contribution in [0.1, 0.15) is 44.5 Å². The molecule has 6 nitrogen and oxygen atoms in total. The van der Waals surface area contributed by atoms with Crippen LogP contribution < -0.4 is 0 Å². The third kappa shape index (κ3) is 5.22. The number of rotatable bonds is 2. The Balaban J connectivity index is 1.97. The molecule has 3 aromatic rings. The molecule has 0 atom stereocenters. The van der Waals surface area contributed by atoms with Gasteiger partial charge in [0.2, 0.25) is 0 Å². The van der Waals surface area contributed by atoms with Crippen LogP contribution in [0.2, 0.25) is 0 Å². The lowest BCUT2D eigenvalue weighted by molar-refractivity contribution is -0.143. The Kier molecular flexibility index (Phi) is 8.29. The van der Waals surface area contributed by atoms with Crippen molar-refractivity contribution in [3.63, 3.8) is 0 Å². The quantitative estimate of drug-likeness (QED) is 0.192. The first kappa shape index (κ1) is 35.1. The summed E-state index contributed by atoms with van der Waals surface area (Å²) >= 11 is 0. The minimum Gasteiger partial charge on any atom is -0.206 e. The minimum absolute atomic E-state index is 0.101. The van der Waals surface area contributed by atoms with Crippen molar-refractivity contribution in [3.8, 4) is 36.4 Å². The number of allylic oxidation sites excluding steroid dienone is 8. The molecule has 0 heterocycles. The Morgan fingerprint density at radius 1 is 0.471 bits per heavy atom. The highest BCUT2D eigenvalue weighted by atomic mass is 19.4. The fourth-order valence-electron chi connectivity index (χ4n) is 5.86. The van der Waals surface area contributed by atoms with Crippen molar-refractivity contribution in [3.05, 3.63) is 115 Å². The van der Waals surface area contributed by atoms with Crippen LogP contribution in [0.4, 0.5) is 48.3 Å². The lowest BCUT2D eigenvalue weighted by Gasteiger charge is -2.15. The van der Waals surface area contributed by atoms with Crippen LogP contribution in [0, 0.1) is 97.1 Å². The largest absolute Gasteiger partial charge is 0.422 e. The van der Waals surface area contributed by atoms with Gasteiger partial charge in [-0.05, 0) is 41.5 Å². The van der Waals surface area contributed by atoms with Gasteiger partial charge in [-0.1, -0.05) is 0 Å². The van der Waals surface area contributed by atoms with E-state index in [0.29, 0.717) is 0 Å². The van der Waals surface area contributed by atoms with E-state index in [1.807, 2.05) is 0 Å². The van der Waals surface area contributed by atoms with Gasteiger partial charge < -0.3 is 0 Å². The predicted octanol–water partition coefficient (Wildman–Crippen LogP) is 8.92. The molecule has 51 heavy (non-hydrogen) atoms. The number of hydrogen-bond acceptors (Lipinski definition) is 6. The number of halogens is 11. The molecule has 0 unspecified atom stereocenters. The van der Waals surface area contributed by atoms with E-state index in [2.05, 4.69) is 0 Å². The summed E-state index contributed by atoms with van der Waals surface area (Å²) in [5.41, 5.74) is -16.8. The number of nitriles is 6. The lowest BCUT2D eigenvalue weighted by atomic mass is 9.88. The van der Waals surface area contributed by atoms with Gasteiger partial charge in [-0.15, -0.1) is 0 Å². The van der Waals surface area contributed by atoms with Gasteiger partial charge in [0, 0.05) is 44.5 Å². The summed E-state index contributed by atoms with van der Waals surface area (Å²) in [6.45, 7) is 0. The summed E-state index contributed by atoms with van der Waals surface area (Å²) in [4.78, 5) is 0. The van der Waals surface area contributed by atoms with Crippen LogP contribution in [0.15, 0.2) is 41.5 Å². The highest BCUT2D eigenvalue weighted by Gasteiger charge is 2.44. The summed E-state index contributed by atoms with van der Waals surface area (Å²) in [6, 6.07) is 9.74. The molecular weight excluding hydrogens is 701 g/mol. The van der Waals surface area contributed by atoms with E-state index in [0.717, 1.165) is 6.07 Å². The molecule has 0 saturated carbocycles. The summed E-state index contributed by atoms with van der Waals surface area (Å²) < 4.78 is 156. The van der Waals surface area contributed by atoms with Crippen LogP contribution in [-0.4, -0.2) is 0 Å². The van der Waals surface area contributed by atoms with Crippen molar-refractivity contribution in [2.45, 2.75) is 12.4 Å². The van der Waals surface area contributed by atoms with E-state index < -0.39 is 131 Å². The zero-order valence-electron chi connectivity index (χ0n) is 24.2. The number of nitrogens with zero attached hydrogens (tertiary/aromatic N) is 6. The van der Waals surface area contributed by atoms with E-state index in [9.17, 15) is 75.5 Å². The molecule has 0 aromatic heterocycles. The fourth-order valence-corrected chi connectivity index (χ4v) is 5.86. The highest BCUT2D eigenvalue weighted by Crippen LogP contribution is 2.56. The Hall–Kier alpha value is -7.21. The Morgan fingerprint density at radius 3 is 1.00 bits per heavy atom. The van der Waals surface area contributed by atoms with Crippen LogP contribution in [0.3, 0.4) is 0 Å². The fraction of sp³-hybridized carbons (Fsp3) is 0.0588. The van der Waals surface area contributed by atoms with Crippen molar-refractivity contribution in [1.29, 1.82) is 31.6 Å². The first-order chi connectivity index (χ1) is 23.9. The molecule has 0 spiro atoms. The van der Waals surface area contributed by atoms with Gasteiger partial charge in [-0.25, -0.2) is 22.0 Å².